The van der Waals surface area contributed by atoms with Gasteiger partial charge in [-0.2, -0.15) is 0 Å². The van der Waals surface area contributed by atoms with Crippen LogP contribution in [0.4, 0.5) is 0 Å². The molecule has 1 heterocycles. The molecule has 1 aromatic rings. The third kappa shape index (κ3) is 5.96. The van der Waals surface area contributed by atoms with Crippen LogP contribution in [0.1, 0.15) is 44.6 Å². The number of nitrogens with one attached hydrogen (secondary N) is 1. The van der Waals surface area contributed by atoms with Crippen molar-refractivity contribution in [3.05, 3.63) is 29.8 Å². The summed E-state index contributed by atoms with van der Waals surface area (Å²) in [6.45, 7) is 4.13. The van der Waals surface area contributed by atoms with Crippen molar-refractivity contribution in [2.24, 2.45) is 5.92 Å². The summed E-state index contributed by atoms with van der Waals surface area (Å²) < 4.78 is 5.42. The van der Waals surface area contributed by atoms with Crippen molar-refractivity contribution in [3.8, 4) is 5.75 Å². The predicted octanol–water partition coefficient (Wildman–Crippen LogP) is 2.46. The highest BCUT2D eigenvalue weighted by Gasteiger charge is 2.37. The van der Waals surface area contributed by atoms with Crippen LogP contribution in [0, 0.1) is 5.92 Å². The first kappa shape index (κ1) is 19.7. The number of carboxylic acids is 1. The van der Waals surface area contributed by atoms with E-state index in [9.17, 15) is 9.59 Å². The molecule has 1 aliphatic heterocycles. The van der Waals surface area contributed by atoms with Crippen LogP contribution < -0.4 is 10.1 Å². The van der Waals surface area contributed by atoms with Crippen LogP contribution >= 0.6 is 0 Å². The third-order valence-electron chi connectivity index (χ3n) is 5.48. The molecule has 27 heavy (non-hydrogen) atoms. The normalized spacial score (nSPS) is 22.6. The molecule has 1 amide bonds. The first-order chi connectivity index (χ1) is 13.0. The van der Waals surface area contributed by atoms with E-state index >= 15 is 0 Å². The molecule has 2 N–H and O–H groups in total. The molecule has 0 unspecified atom stereocenters. The molecular formula is C21H30N2O4. The monoisotopic (exact) mass is 374 g/mol. The van der Waals surface area contributed by atoms with Crippen molar-refractivity contribution in [1.29, 1.82) is 0 Å². The Balaban J connectivity index is 1.48. The Hall–Kier alpha value is -2.08. The smallest absolute Gasteiger partial charge is 0.304 e. The third-order valence-corrected chi connectivity index (χ3v) is 5.48. The van der Waals surface area contributed by atoms with Crippen LogP contribution in [0.5, 0.6) is 5.75 Å². The van der Waals surface area contributed by atoms with Gasteiger partial charge in [-0.1, -0.05) is 12.1 Å². The van der Waals surface area contributed by atoms with Crippen LogP contribution in [-0.2, 0) is 16.0 Å². The van der Waals surface area contributed by atoms with Gasteiger partial charge in [0.05, 0.1) is 19.4 Å². The number of aliphatic carboxylic acids is 1. The molecule has 0 spiro atoms. The quantitative estimate of drug-likeness (QED) is 0.658. The van der Waals surface area contributed by atoms with E-state index in [0.29, 0.717) is 25.5 Å². The van der Waals surface area contributed by atoms with Gasteiger partial charge in [-0.05, 0) is 56.2 Å². The molecule has 1 saturated carbocycles. The molecule has 6 heteroatoms. The molecule has 1 aromatic carbocycles. The van der Waals surface area contributed by atoms with E-state index in [1.807, 2.05) is 31.2 Å². The highest BCUT2D eigenvalue weighted by molar-refractivity contribution is 5.78. The van der Waals surface area contributed by atoms with E-state index in [1.165, 1.54) is 12.8 Å². The first-order valence-electron chi connectivity index (χ1n) is 10.0. The number of carbonyl (C=O) groups excluding carboxylic acids is 1. The highest BCUT2D eigenvalue weighted by Crippen LogP contribution is 2.35. The van der Waals surface area contributed by atoms with Gasteiger partial charge in [0, 0.05) is 25.2 Å². The number of hydrogen-bond acceptors (Lipinski definition) is 4. The van der Waals surface area contributed by atoms with Crippen molar-refractivity contribution in [3.63, 3.8) is 0 Å². The van der Waals surface area contributed by atoms with Crippen molar-refractivity contribution in [2.45, 2.75) is 57.5 Å². The fourth-order valence-electron chi connectivity index (χ4n) is 3.90. The number of benzene rings is 1. The lowest BCUT2D eigenvalue weighted by molar-refractivity contribution is -0.138. The number of likely N-dealkylation sites (tertiary alicyclic amines) is 1. The minimum Gasteiger partial charge on any atom is -0.494 e. The molecular weight excluding hydrogens is 344 g/mol. The Labute approximate surface area is 160 Å². The Morgan fingerprint density at radius 2 is 1.85 bits per heavy atom. The summed E-state index contributed by atoms with van der Waals surface area (Å²) in [6.07, 6.45) is 4.89. The second-order valence-electron chi connectivity index (χ2n) is 7.68. The lowest BCUT2D eigenvalue weighted by Crippen LogP contribution is -2.45. The van der Waals surface area contributed by atoms with E-state index in [0.717, 1.165) is 30.7 Å². The van der Waals surface area contributed by atoms with Crippen LogP contribution in [0.3, 0.4) is 0 Å². The molecule has 0 radical (unpaired) electrons. The Morgan fingerprint density at radius 3 is 2.48 bits per heavy atom. The Kier molecular flexibility index (Phi) is 6.72. The van der Waals surface area contributed by atoms with Crippen LogP contribution in [0.15, 0.2) is 24.3 Å². The Morgan fingerprint density at radius 1 is 1.15 bits per heavy atom. The molecule has 3 rings (SSSR count). The maximum atomic E-state index is 12.3. The molecule has 2 aliphatic rings. The van der Waals surface area contributed by atoms with Gasteiger partial charge < -0.3 is 15.2 Å². The summed E-state index contributed by atoms with van der Waals surface area (Å²) in [4.78, 5) is 25.8. The first-order valence-corrected chi connectivity index (χ1v) is 10.0. The van der Waals surface area contributed by atoms with E-state index in [1.54, 1.807) is 0 Å². The van der Waals surface area contributed by atoms with Gasteiger partial charge in [-0.25, -0.2) is 0 Å². The highest BCUT2D eigenvalue weighted by atomic mass is 16.5. The molecule has 1 aliphatic carbocycles. The second kappa shape index (κ2) is 9.22. The van der Waals surface area contributed by atoms with Gasteiger partial charge in [0.15, 0.2) is 0 Å². The van der Waals surface area contributed by atoms with Gasteiger partial charge in [-0.3, -0.25) is 14.5 Å². The zero-order chi connectivity index (χ0) is 19.2. The fraction of sp³-hybridized carbons (Fsp3) is 0.619. The summed E-state index contributed by atoms with van der Waals surface area (Å²) in [7, 11) is 0. The van der Waals surface area contributed by atoms with Crippen LogP contribution in [-0.4, -0.2) is 53.7 Å². The van der Waals surface area contributed by atoms with E-state index in [-0.39, 0.29) is 24.4 Å². The molecule has 6 nitrogen and oxygen atoms in total. The van der Waals surface area contributed by atoms with E-state index < -0.39 is 5.97 Å². The average molecular weight is 374 g/mol. The largest absolute Gasteiger partial charge is 0.494 e. The maximum absolute atomic E-state index is 12.3. The summed E-state index contributed by atoms with van der Waals surface area (Å²) in [5, 5.41) is 12.2. The van der Waals surface area contributed by atoms with Gasteiger partial charge in [0.25, 0.3) is 0 Å². The molecule has 1 saturated heterocycles. The summed E-state index contributed by atoms with van der Waals surface area (Å²) in [5.74, 6) is 0.794. The molecule has 2 atom stereocenters. The lowest BCUT2D eigenvalue weighted by atomic mass is 10.1. The van der Waals surface area contributed by atoms with Crippen molar-refractivity contribution >= 4 is 11.9 Å². The summed E-state index contributed by atoms with van der Waals surface area (Å²) in [6, 6.07) is 7.97. The number of rotatable bonds is 10. The fourth-order valence-corrected chi connectivity index (χ4v) is 3.90. The van der Waals surface area contributed by atoms with Gasteiger partial charge in [0.1, 0.15) is 5.75 Å². The maximum Gasteiger partial charge on any atom is 0.304 e. The summed E-state index contributed by atoms with van der Waals surface area (Å²) >= 11 is 0. The van der Waals surface area contributed by atoms with Crippen LogP contribution in [0.25, 0.3) is 0 Å². The van der Waals surface area contributed by atoms with Crippen molar-refractivity contribution in [1.82, 2.24) is 10.2 Å². The predicted molar refractivity (Wildman–Crippen MR) is 103 cm³/mol. The molecule has 148 valence electrons. The topological polar surface area (TPSA) is 78.9 Å². The van der Waals surface area contributed by atoms with Crippen molar-refractivity contribution in [2.75, 3.05) is 19.7 Å². The lowest BCUT2D eigenvalue weighted by Gasteiger charge is -2.29. The zero-order valence-electron chi connectivity index (χ0n) is 16.0. The number of ether oxygens (including phenoxy) is 1. The van der Waals surface area contributed by atoms with E-state index in [4.69, 9.17) is 9.84 Å². The molecule has 2 fully saturated rings. The Bertz CT molecular complexity index is 642. The van der Waals surface area contributed by atoms with Gasteiger partial charge in [-0.15, -0.1) is 0 Å². The molecule has 0 aromatic heterocycles. The number of nitrogens with zero attached hydrogens (tertiary/aromatic N) is 1. The SMILES string of the molecule is CCOc1ccc(CC(=O)NC[C@@H]2CC[C@H](CC(=O)O)N2CC2CC2)cc1. The number of amides is 1. The van der Waals surface area contributed by atoms with Crippen molar-refractivity contribution < 1.29 is 19.4 Å². The number of carbonyl (C=O) groups is 2. The van der Waals surface area contributed by atoms with Gasteiger partial charge in [0.2, 0.25) is 5.91 Å². The number of carboxylic acid groups (broad SMARTS) is 1. The summed E-state index contributed by atoms with van der Waals surface area (Å²) in [5.41, 5.74) is 0.959. The van der Waals surface area contributed by atoms with Gasteiger partial charge >= 0.3 is 5.97 Å². The molecule has 0 bridgehead atoms. The minimum atomic E-state index is -0.735. The van der Waals surface area contributed by atoms with Crippen LogP contribution in [0.2, 0.25) is 0 Å². The average Bonchev–Trinajstić information content (AvgIpc) is 3.38. The zero-order valence-corrected chi connectivity index (χ0v) is 16.0. The standard InChI is InChI=1S/C21H30N2O4/c1-2-27-19-9-5-15(6-10-19)11-20(24)22-13-18-8-7-17(12-21(25)26)23(18)14-16-3-4-16/h5-6,9-10,16-18H,2-4,7-8,11-14H2,1H3,(H,22,24)(H,25,26)/t17-,18+/m1/s1. The minimum absolute atomic E-state index is 0.00668. The number of hydrogen-bond donors (Lipinski definition) is 2. The second-order valence-corrected chi connectivity index (χ2v) is 7.68. The van der Waals surface area contributed by atoms with E-state index in [2.05, 4.69) is 10.2 Å².